The van der Waals surface area contributed by atoms with E-state index in [0.29, 0.717) is 37.1 Å². The maximum Gasteiger partial charge on any atom is 0.228 e. The van der Waals surface area contributed by atoms with Gasteiger partial charge in [-0.1, -0.05) is 18.2 Å². The number of hydrogen-bond acceptors (Lipinski definition) is 6. The lowest BCUT2D eigenvalue weighted by molar-refractivity contribution is -0.136. The van der Waals surface area contributed by atoms with Crippen molar-refractivity contribution in [2.75, 3.05) is 31.1 Å². The fraction of sp³-hybridized carbons (Fsp3) is 0.484. The molecule has 3 aliphatic carbocycles. The largest absolute Gasteiger partial charge is 0.378 e. The average Bonchev–Trinajstić information content (AvgIpc) is 3.81. The van der Waals surface area contributed by atoms with E-state index < -0.39 is 0 Å². The van der Waals surface area contributed by atoms with E-state index in [1.165, 1.54) is 12.8 Å². The van der Waals surface area contributed by atoms with Crippen LogP contribution in [0.1, 0.15) is 56.2 Å². The molecule has 7 nitrogen and oxygen atoms in total. The van der Waals surface area contributed by atoms with Crippen LogP contribution in [0.5, 0.6) is 0 Å². The van der Waals surface area contributed by atoms with E-state index in [-0.39, 0.29) is 24.0 Å². The van der Waals surface area contributed by atoms with Crippen LogP contribution in [0, 0.1) is 23.2 Å². The van der Waals surface area contributed by atoms with Crippen molar-refractivity contribution in [2.45, 2.75) is 57.1 Å². The van der Waals surface area contributed by atoms with Gasteiger partial charge >= 0.3 is 0 Å². The molecular weight excluding hydrogens is 474 g/mol. The number of benzene rings is 1. The number of carbonyl (C=O) groups excluding carboxylic acids is 1. The van der Waals surface area contributed by atoms with E-state index in [1.807, 2.05) is 25.4 Å². The minimum absolute atomic E-state index is 0.0205. The molecule has 1 amide bonds. The summed E-state index contributed by atoms with van der Waals surface area (Å²) in [4.78, 5) is 27.3. The van der Waals surface area contributed by atoms with Crippen LogP contribution in [0.3, 0.4) is 0 Å². The van der Waals surface area contributed by atoms with Crippen LogP contribution in [0.2, 0.25) is 0 Å². The number of piperazine rings is 1. The number of aromatic nitrogens is 2. The Hall–Kier alpha value is -3.50. The number of anilines is 1. The number of amides is 1. The highest BCUT2D eigenvalue weighted by Crippen LogP contribution is 2.47. The normalized spacial score (nSPS) is 24.9. The fourth-order valence-corrected chi connectivity index (χ4v) is 6.29. The molecule has 4 aliphatic rings. The number of nitriles is 1. The fourth-order valence-electron chi connectivity index (χ4n) is 6.29. The third kappa shape index (κ3) is 4.21. The molecule has 3 saturated carbocycles. The monoisotopic (exact) mass is 507 g/mol. The molecule has 7 heteroatoms. The van der Waals surface area contributed by atoms with Gasteiger partial charge in [-0.25, -0.2) is 4.98 Å². The zero-order valence-electron chi connectivity index (χ0n) is 21.8. The first-order chi connectivity index (χ1) is 18.7. The Bertz CT molecular complexity index is 1430. The number of rotatable bonds is 7. The van der Waals surface area contributed by atoms with Crippen LogP contribution >= 0.6 is 0 Å². The highest BCUT2D eigenvalue weighted by molar-refractivity contribution is 5.97. The van der Waals surface area contributed by atoms with Crippen molar-refractivity contribution >= 4 is 22.5 Å². The van der Waals surface area contributed by atoms with Crippen LogP contribution in [0.25, 0.3) is 21.9 Å². The van der Waals surface area contributed by atoms with Crippen molar-refractivity contribution < 1.29 is 9.53 Å². The third-order valence-electron chi connectivity index (χ3n) is 8.68. The van der Waals surface area contributed by atoms with Gasteiger partial charge in [0.25, 0.3) is 0 Å². The summed E-state index contributed by atoms with van der Waals surface area (Å²) < 4.78 is 5.72. The molecule has 0 spiro atoms. The molecule has 0 unspecified atom stereocenters. The molecule has 2 aromatic heterocycles. The molecule has 4 fully saturated rings. The van der Waals surface area contributed by atoms with Crippen molar-refractivity contribution in [1.29, 1.82) is 5.26 Å². The Balaban J connectivity index is 1.22. The lowest BCUT2D eigenvalue weighted by Gasteiger charge is -2.43. The van der Waals surface area contributed by atoms with Crippen LogP contribution in [-0.4, -0.2) is 59.2 Å². The number of hydrogen-bond donors (Lipinski definition) is 0. The van der Waals surface area contributed by atoms with Gasteiger partial charge in [0.1, 0.15) is 11.9 Å². The lowest BCUT2D eigenvalue weighted by Crippen LogP contribution is -2.57. The summed E-state index contributed by atoms with van der Waals surface area (Å²) in [6, 6.07) is 13.0. The van der Waals surface area contributed by atoms with Gasteiger partial charge in [0.15, 0.2) is 0 Å². The molecule has 3 heterocycles. The van der Waals surface area contributed by atoms with Gasteiger partial charge in [-0.15, -0.1) is 0 Å². The van der Waals surface area contributed by atoms with Crippen LogP contribution in [-0.2, 0) is 9.53 Å². The second-order valence-electron chi connectivity index (χ2n) is 11.3. The van der Waals surface area contributed by atoms with Crippen LogP contribution in [0.15, 0.2) is 42.7 Å². The lowest BCUT2D eigenvalue weighted by atomic mass is 9.95. The highest BCUT2D eigenvalue weighted by Gasteiger charge is 2.50. The number of pyridine rings is 2. The smallest absolute Gasteiger partial charge is 0.228 e. The first-order valence-corrected chi connectivity index (χ1v) is 14.1. The topological polar surface area (TPSA) is 82.3 Å². The molecule has 1 saturated heterocycles. The Kier molecular flexibility index (Phi) is 5.81. The highest BCUT2D eigenvalue weighted by atomic mass is 16.5. The standard InChI is InChI=1S/C31H33N5O2/c1-2-38-28-15-26(28)31(37)36-13-12-35(18-27(36)19-6-7-19)30-22(16-32)14-25(29(34-30)20-8-9-20)24-5-3-4-21-17-33-11-10-23(21)24/h3-5,10-11,14,17,19-20,26-28H,2,6-9,12-13,15,18H2,1H3/t26-,27-,28-/m0/s1. The summed E-state index contributed by atoms with van der Waals surface area (Å²) in [6.45, 7) is 4.77. The SMILES string of the molecule is CCO[C@H]1C[C@@H]1C(=O)N1CCN(c2nc(C3CC3)c(-c3cccc4cnccc34)cc2C#N)C[C@H]1C1CC1. The van der Waals surface area contributed by atoms with E-state index in [9.17, 15) is 10.1 Å². The molecular formula is C31H33N5O2. The van der Waals surface area contributed by atoms with Crippen molar-refractivity contribution in [1.82, 2.24) is 14.9 Å². The minimum Gasteiger partial charge on any atom is -0.378 e. The van der Waals surface area contributed by atoms with Gasteiger partial charge in [-0.3, -0.25) is 9.78 Å². The zero-order chi connectivity index (χ0) is 25.8. The van der Waals surface area contributed by atoms with Crippen LogP contribution in [0.4, 0.5) is 5.82 Å². The average molecular weight is 508 g/mol. The van der Waals surface area contributed by atoms with E-state index in [0.717, 1.165) is 59.2 Å². The molecule has 1 aliphatic heterocycles. The first kappa shape index (κ1) is 23.6. The van der Waals surface area contributed by atoms with E-state index in [1.54, 1.807) is 0 Å². The summed E-state index contributed by atoms with van der Waals surface area (Å²) in [5, 5.41) is 12.5. The molecule has 194 valence electrons. The minimum atomic E-state index is 0.0205. The summed E-state index contributed by atoms with van der Waals surface area (Å²) in [6.07, 6.45) is 9.26. The maximum atomic E-state index is 13.4. The number of nitrogens with zero attached hydrogens (tertiary/aromatic N) is 5. The van der Waals surface area contributed by atoms with E-state index in [2.05, 4.69) is 45.1 Å². The van der Waals surface area contributed by atoms with Crippen molar-refractivity contribution in [3.8, 4) is 17.2 Å². The summed E-state index contributed by atoms with van der Waals surface area (Å²) in [5.41, 5.74) is 3.89. The molecule has 1 aromatic carbocycles. The number of carbonyl (C=O) groups is 1. The Morgan fingerprint density at radius 1 is 1.16 bits per heavy atom. The Labute approximate surface area is 223 Å². The van der Waals surface area contributed by atoms with Crippen molar-refractivity contribution in [3.05, 3.63) is 54.0 Å². The Morgan fingerprint density at radius 2 is 2.03 bits per heavy atom. The van der Waals surface area contributed by atoms with Gasteiger partial charge in [0, 0.05) is 55.5 Å². The maximum absolute atomic E-state index is 13.4. The van der Waals surface area contributed by atoms with Crippen LogP contribution < -0.4 is 4.90 Å². The molecule has 0 radical (unpaired) electrons. The van der Waals surface area contributed by atoms with Gasteiger partial charge in [0.05, 0.1) is 29.3 Å². The first-order valence-electron chi connectivity index (χ1n) is 14.1. The predicted molar refractivity (Wildman–Crippen MR) is 146 cm³/mol. The second-order valence-corrected chi connectivity index (χ2v) is 11.3. The van der Waals surface area contributed by atoms with Gasteiger partial charge in [0.2, 0.25) is 5.91 Å². The molecule has 38 heavy (non-hydrogen) atoms. The molecule has 3 atom stereocenters. The van der Waals surface area contributed by atoms with Gasteiger partial charge in [-0.05, 0) is 68.0 Å². The van der Waals surface area contributed by atoms with Crippen molar-refractivity contribution in [3.63, 3.8) is 0 Å². The third-order valence-corrected chi connectivity index (χ3v) is 8.68. The quantitative estimate of drug-likeness (QED) is 0.453. The Morgan fingerprint density at radius 3 is 2.79 bits per heavy atom. The summed E-state index contributed by atoms with van der Waals surface area (Å²) in [5.74, 6) is 2.04. The summed E-state index contributed by atoms with van der Waals surface area (Å²) in [7, 11) is 0. The van der Waals surface area contributed by atoms with Gasteiger partial charge < -0.3 is 14.5 Å². The number of fused-ring (bicyclic) bond motifs is 1. The zero-order valence-corrected chi connectivity index (χ0v) is 21.8. The van der Waals surface area contributed by atoms with Gasteiger partial charge in [-0.2, -0.15) is 5.26 Å². The molecule has 0 bridgehead atoms. The number of ether oxygens (including phenoxy) is 1. The van der Waals surface area contributed by atoms with E-state index >= 15 is 0 Å². The predicted octanol–water partition coefficient (Wildman–Crippen LogP) is 4.90. The summed E-state index contributed by atoms with van der Waals surface area (Å²) >= 11 is 0. The van der Waals surface area contributed by atoms with E-state index in [4.69, 9.17) is 9.72 Å². The molecule has 0 N–H and O–H groups in total. The molecule has 7 rings (SSSR count). The van der Waals surface area contributed by atoms with Crippen molar-refractivity contribution in [2.24, 2.45) is 11.8 Å². The molecule has 3 aromatic rings. The second kappa shape index (κ2) is 9.36.